The van der Waals surface area contributed by atoms with Gasteiger partial charge in [0.05, 0.1) is 5.92 Å². The van der Waals surface area contributed by atoms with Crippen molar-refractivity contribution < 1.29 is 14.7 Å². The van der Waals surface area contributed by atoms with E-state index in [2.05, 4.69) is 19.2 Å². The highest BCUT2D eigenvalue weighted by molar-refractivity contribution is 5.84. The van der Waals surface area contributed by atoms with Crippen molar-refractivity contribution in [3.63, 3.8) is 0 Å². The summed E-state index contributed by atoms with van der Waals surface area (Å²) >= 11 is 0. The third-order valence-corrected chi connectivity index (χ3v) is 2.77. The van der Waals surface area contributed by atoms with Gasteiger partial charge in [-0.25, -0.2) is 0 Å². The molecule has 0 aliphatic carbocycles. The minimum Gasteiger partial charge on any atom is -0.481 e. The van der Waals surface area contributed by atoms with Crippen LogP contribution in [0.1, 0.15) is 41.0 Å². The molecule has 0 heterocycles. The average Bonchev–Trinajstić information content (AvgIpc) is 2.13. The summed E-state index contributed by atoms with van der Waals surface area (Å²) in [6.45, 7) is 9.32. The van der Waals surface area contributed by atoms with E-state index < -0.39 is 17.8 Å². The third kappa shape index (κ3) is 5.14. The number of amides is 1. The molecule has 0 saturated carbocycles. The van der Waals surface area contributed by atoms with Crippen LogP contribution in [0.3, 0.4) is 0 Å². The van der Waals surface area contributed by atoms with Gasteiger partial charge in [0.1, 0.15) is 0 Å². The first-order chi connectivity index (χ1) is 7.25. The number of carbonyl (C=O) groups excluding carboxylic acids is 1. The van der Waals surface area contributed by atoms with Crippen LogP contribution < -0.4 is 5.32 Å². The van der Waals surface area contributed by atoms with Crippen molar-refractivity contribution in [2.45, 2.75) is 47.1 Å². The Bertz CT molecular complexity index is 251. The number of nitrogens with one attached hydrogen (secondary N) is 1. The SMILES string of the molecule is CC(C)CC(C)NC(=O)C(C)C(C)C(=O)O. The predicted molar refractivity (Wildman–Crippen MR) is 63.0 cm³/mol. The number of hydrogen-bond donors (Lipinski definition) is 2. The number of hydrogen-bond acceptors (Lipinski definition) is 2. The van der Waals surface area contributed by atoms with E-state index in [0.29, 0.717) is 5.92 Å². The first-order valence-electron chi connectivity index (χ1n) is 5.78. The van der Waals surface area contributed by atoms with Gasteiger partial charge in [0.25, 0.3) is 0 Å². The summed E-state index contributed by atoms with van der Waals surface area (Å²) in [4.78, 5) is 22.4. The lowest BCUT2D eigenvalue weighted by Gasteiger charge is -2.20. The van der Waals surface area contributed by atoms with Crippen LogP contribution in [-0.4, -0.2) is 23.0 Å². The number of carbonyl (C=O) groups is 2. The number of carboxylic acid groups (broad SMARTS) is 1. The number of rotatable bonds is 6. The van der Waals surface area contributed by atoms with Crippen LogP contribution in [0.25, 0.3) is 0 Å². The molecule has 16 heavy (non-hydrogen) atoms. The van der Waals surface area contributed by atoms with Gasteiger partial charge in [-0.15, -0.1) is 0 Å². The van der Waals surface area contributed by atoms with Crippen molar-refractivity contribution in [1.82, 2.24) is 5.32 Å². The first kappa shape index (κ1) is 14.9. The number of carboxylic acids is 1. The third-order valence-electron chi connectivity index (χ3n) is 2.77. The molecule has 3 atom stereocenters. The molecule has 0 aromatic rings. The molecule has 94 valence electrons. The molecular weight excluding hydrogens is 206 g/mol. The van der Waals surface area contributed by atoms with Gasteiger partial charge in [-0.1, -0.05) is 27.7 Å². The number of aliphatic carboxylic acids is 1. The van der Waals surface area contributed by atoms with E-state index in [1.807, 2.05) is 6.92 Å². The van der Waals surface area contributed by atoms with Crippen molar-refractivity contribution in [1.29, 1.82) is 0 Å². The summed E-state index contributed by atoms with van der Waals surface area (Å²) in [5, 5.41) is 11.6. The Morgan fingerprint density at radius 2 is 1.56 bits per heavy atom. The summed E-state index contributed by atoms with van der Waals surface area (Å²) in [5.74, 6) is -1.73. The maximum atomic E-state index is 11.7. The van der Waals surface area contributed by atoms with Gasteiger partial charge in [-0.2, -0.15) is 0 Å². The Kier molecular flexibility index (Phi) is 6.08. The summed E-state index contributed by atoms with van der Waals surface area (Å²) in [6, 6.07) is 0.0935. The van der Waals surface area contributed by atoms with E-state index in [4.69, 9.17) is 5.11 Å². The van der Waals surface area contributed by atoms with Gasteiger partial charge in [0.2, 0.25) is 5.91 Å². The molecule has 0 rings (SSSR count). The topological polar surface area (TPSA) is 66.4 Å². The molecule has 0 aromatic carbocycles. The smallest absolute Gasteiger partial charge is 0.307 e. The molecule has 0 bridgehead atoms. The highest BCUT2D eigenvalue weighted by Crippen LogP contribution is 2.12. The largest absolute Gasteiger partial charge is 0.481 e. The van der Waals surface area contributed by atoms with Crippen LogP contribution >= 0.6 is 0 Å². The maximum absolute atomic E-state index is 11.7. The molecule has 0 fully saturated rings. The molecule has 4 nitrogen and oxygen atoms in total. The van der Waals surface area contributed by atoms with E-state index >= 15 is 0 Å². The van der Waals surface area contributed by atoms with E-state index in [9.17, 15) is 9.59 Å². The van der Waals surface area contributed by atoms with E-state index in [0.717, 1.165) is 6.42 Å². The predicted octanol–water partition coefficient (Wildman–Crippen LogP) is 1.89. The lowest BCUT2D eigenvalue weighted by molar-refractivity contribution is -0.146. The zero-order chi connectivity index (χ0) is 12.9. The second-order valence-corrected chi connectivity index (χ2v) is 4.95. The minimum atomic E-state index is -0.931. The average molecular weight is 229 g/mol. The molecular formula is C12H23NO3. The summed E-state index contributed by atoms with van der Waals surface area (Å²) < 4.78 is 0. The summed E-state index contributed by atoms with van der Waals surface area (Å²) in [7, 11) is 0. The Labute approximate surface area is 97.4 Å². The first-order valence-corrected chi connectivity index (χ1v) is 5.78. The van der Waals surface area contributed by atoms with Crippen molar-refractivity contribution in [2.75, 3.05) is 0 Å². The Morgan fingerprint density at radius 1 is 1.06 bits per heavy atom. The zero-order valence-corrected chi connectivity index (χ0v) is 10.8. The summed E-state index contributed by atoms with van der Waals surface area (Å²) in [6.07, 6.45) is 0.903. The van der Waals surface area contributed by atoms with Gasteiger partial charge >= 0.3 is 5.97 Å². The quantitative estimate of drug-likeness (QED) is 0.731. The van der Waals surface area contributed by atoms with Crippen molar-refractivity contribution >= 4 is 11.9 Å². The van der Waals surface area contributed by atoms with Gasteiger partial charge in [-0.05, 0) is 19.3 Å². The molecule has 2 N–H and O–H groups in total. The van der Waals surface area contributed by atoms with Crippen LogP contribution in [0.5, 0.6) is 0 Å². The monoisotopic (exact) mass is 229 g/mol. The summed E-state index contributed by atoms with van der Waals surface area (Å²) in [5.41, 5.74) is 0. The Hall–Kier alpha value is -1.06. The second-order valence-electron chi connectivity index (χ2n) is 4.95. The Balaban J connectivity index is 4.20. The molecule has 3 unspecified atom stereocenters. The molecule has 0 aliphatic heterocycles. The van der Waals surface area contributed by atoms with Gasteiger partial charge < -0.3 is 10.4 Å². The van der Waals surface area contributed by atoms with Gasteiger partial charge in [-0.3, -0.25) is 9.59 Å². The molecule has 0 spiro atoms. The highest BCUT2D eigenvalue weighted by atomic mass is 16.4. The molecule has 0 aliphatic rings. The minimum absolute atomic E-state index is 0.0935. The Morgan fingerprint density at radius 3 is 1.94 bits per heavy atom. The second kappa shape index (κ2) is 6.51. The van der Waals surface area contributed by atoms with E-state index in [-0.39, 0.29) is 11.9 Å². The van der Waals surface area contributed by atoms with Crippen LogP contribution in [0, 0.1) is 17.8 Å². The van der Waals surface area contributed by atoms with Gasteiger partial charge in [0.15, 0.2) is 0 Å². The van der Waals surface area contributed by atoms with Crippen molar-refractivity contribution in [3.8, 4) is 0 Å². The standard InChI is InChI=1S/C12H23NO3/c1-7(2)6-8(3)13-11(14)9(4)10(5)12(15)16/h7-10H,6H2,1-5H3,(H,13,14)(H,15,16). The molecule has 0 saturated heterocycles. The van der Waals surface area contributed by atoms with E-state index in [1.165, 1.54) is 0 Å². The fraction of sp³-hybridized carbons (Fsp3) is 0.833. The fourth-order valence-electron chi connectivity index (χ4n) is 1.58. The van der Waals surface area contributed by atoms with Crippen molar-refractivity contribution in [3.05, 3.63) is 0 Å². The lowest BCUT2D eigenvalue weighted by Crippen LogP contribution is -2.40. The van der Waals surface area contributed by atoms with Crippen LogP contribution in [-0.2, 0) is 9.59 Å². The molecule has 0 radical (unpaired) electrons. The fourth-order valence-corrected chi connectivity index (χ4v) is 1.58. The zero-order valence-electron chi connectivity index (χ0n) is 10.8. The van der Waals surface area contributed by atoms with Crippen LogP contribution in [0.2, 0.25) is 0 Å². The van der Waals surface area contributed by atoms with Crippen LogP contribution in [0.15, 0.2) is 0 Å². The molecule has 0 aromatic heterocycles. The maximum Gasteiger partial charge on any atom is 0.307 e. The van der Waals surface area contributed by atoms with Crippen molar-refractivity contribution in [2.24, 2.45) is 17.8 Å². The highest BCUT2D eigenvalue weighted by Gasteiger charge is 2.26. The van der Waals surface area contributed by atoms with Crippen LogP contribution in [0.4, 0.5) is 0 Å². The van der Waals surface area contributed by atoms with Gasteiger partial charge in [0, 0.05) is 12.0 Å². The molecule has 4 heteroatoms. The normalized spacial score (nSPS) is 16.6. The lowest BCUT2D eigenvalue weighted by atomic mass is 9.94. The molecule has 1 amide bonds. The van der Waals surface area contributed by atoms with E-state index in [1.54, 1.807) is 13.8 Å².